The summed E-state index contributed by atoms with van der Waals surface area (Å²) in [6, 6.07) is 7.68. The summed E-state index contributed by atoms with van der Waals surface area (Å²) in [6.45, 7) is 1.81. The van der Waals surface area contributed by atoms with E-state index < -0.39 is 0 Å². The molecule has 0 atom stereocenters. The van der Waals surface area contributed by atoms with Crippen molar-refractivity contribution in [3.05, 3.63) is 30.5 Å². The molecule has 0 spiro atoms. The van der Waals surface area contributed by atoms with E-state index in [-0.39, 0.29) is 12.3 Å². The molecular weight excluding hydrogens is 202 g/mol. The second kappa shape index (κ2) is 4.18. The van der Waals surface area contributed by atoms with Crippen LogP contribution in [0.15, 0.2) is 30.5 Å². The molecule has 0 aliphatic heterocycles. The number of nitrogens with zero attached hydrogens (tertiary/aromatic N) is 1. The number of benzene rings is 1. The summed E-state index contributed by atoms with van der Waals surface area (Å²) < 4.78 is 0. The molecule has 0 saturated heterocycles. The van der Waals surface area contributed by atoms with Gasteiger partial charge in [0.1, 0.15) is 5.78 Å². The maximum Gasteiger partial charge on any atom is 0.148 e. The summed E-state index contributed by atoms with van der Waals surface area (Å²) in [6.07, 6.45) is 1.60. The number of aromatic nitrogens is 1. The van der Waals surface area contributed by atoms with Gasteiger partial charge in [-0.1, -0.05) is 18.2 Å². The Balaban J connectivity index is 2.48. The van der Waals surface area contributed by atoms with Crippen LogP contribution in [0.2, 0.25) is 0 Å². The first-order chi connectivity index (χ1) is 7.68. The van der Waals surface area contributed by atoms with Crippen molar-refractivity contribution in [2.24, 2.45) is 0 Å². The number of carbonyl (C=O) groups is 1. The number of fused-ring (bicyclic) bond motifs is 1. The predicted octanol–water partition coefficient (Wildman–Crippen LogP) is 1.82. The number of anilines is 2. The van der Waals surface area contributed by atoms with E-state index in [1.54, 1.807) is 6.20 Å². The topological polar surface area (TPSA) is 68.0 Å². The van der Waals surface area contributed by atoms with Crippen LogP contribution in [0.5, 0.6) is 0 Å². The smallest absolute Gasteiger partial charge is 0.148 e. The molecule has 4 nitrogen and oxygen atoms in total. The number of hydrogen-bond acceptors (Lipinski definition) is 4. The molecule has 16 heavy (non-hydrogen) atoms. The fourth-order valence-corrected chi connectivity index (χ4v) is 1.57. The second-order valence-corrected chi connectivity index (χ2v) is 3.66. The maximum atomic E-state index is 10.9. The molecule has 1 aromatic carbocycles. The van der Waals surface area contributed by atoms with Crippen molar-refractivity contribution in [1.29, 1.82) is 0 Å². The largest absolute Gasteiger partial charge is 0.396 e. The van der Waals surface area contributed by atoms with Gasteiger partial charge < -0.3 is 11.1 Å². The Kier molecular flexibility index (Phi) is 2.72. The van der Waals surface area contributed by atoms with Crippen LogP contribution >= 0.6 is 0 Å². The summed E-state index contributed by atoms with van der Waals surface area (Å²) in [5, 5.41) is 3.97. The van der Waals surface area contributed by atoms with Gasteiger partial charge >= 0.3 is 0 Å². The number of nitrogen functional groups attached to an aromatic ring is 1. The lowest BCUT2D eigenvalue weighted by Gasteiger charge is -2.10. The lowest BCUT2D eigenvalue weighted by Crippen LogP contribution is -2.11. The van der Waals surface area contributed by atoms with E-state index in [2.05, 4.69) is 10.3 Å². The van der Waals surface area contributed by atoms with Crippen LogP contribution in [0, 0.1) is 0 Å². The van der Waals surface area contributed by atoms with Gasteiger partial charge in [0.25, 0.3) is 0 Å². The van der Waals surface area contributed by atoms with Crippen LogP contribution in [-0.2, 0) is 4.79 Å². The molecule has 2 rings (SSSR count). The number of rotatable bonds is 3. The van der Waals surface area contributed by atoms with Crippen molar-refractivity contribution in [3.8, 4) is 0 Å². The van der Waals surface area contributed by atoms with E-state index in [0.717, 1.165) is 16.6 Å². The third kappa shape index (κ3) is 1.95. The lowest BCUT2D eigenvalue weighted by atomic mass is 10.1. The number of ketones is 1. The molecule has 0 saturated carbocycles. The average molecular weight is 215 g/mol. The first-order valence-electron chi connectivity index (χ1n) is 5.05. The predicted molar refractivity (Wildman–Crippen MR) is 65.3 cm³/mol. The molecule has 0 aliphatic rings. The third-order valence-electron chi connectivity index (χ3n) is 2.32. The van der Waals surface area contributed by atoms with Crippen molar-refractivity contribution in [2.75, 3.05) is 17.6 Å². The second-order valence-electron chi connectivity index (χ2n) is 3.66. The highest BCUT2D eigenvalue weighted by Crippen LogP contribution is 2.27. The Morgan fingerprint density at radius 3 is 2.94 bits per heavy atom. The number of Topliss-reactive ketones (excluding diaryl/α,β-unsaturated/α-hetero) is 1. The minimum Gasteiger partial charge on any atom is -0.396 e. The zero-order chi connectivity index (χ0) is 11.5. The number of para-hydroxylation sites is 1. The minimum absolute atomic E-state index is 0.0697. The highest BCUT2D eigenvalue weighted by molar-refractivity contribution is 5.98. The lowest BCUT2D eigenvalue weighted by molar-refractivity contribution is -0.115. The number of carbonyl (C=O) groups excluding carboxylic acids is 1. The highest BCUT2D eigenvalue weighted by Gasteiger charge is 2.06. The quantitative estimate of drug-likeness (QED) is 0.819. The monoisotopic (exact) mass is 215 g/mol. The Bertz CT molecular complexity index is 537. The zero-order valence-electron chi connectivity index (χ0n) is 9.03. The zero-order valence-corrected chi connectivity index (χ0v) is 9.03. The van der Waals surface area contributed by atoms with Crippen LogP contribution in [0.25, 0.3) is 10.9 Å². The molecule has 0 bridgehead atoms. The van der Waals surface area contributed by atoms with Crippen molar-refractivity contribution < 1.29 is 4.79 Å². The van der Waals surface area contributed by atoms with Gasteiger partial charge in [-0.2, -0.15) is 0 Å². The van der Waals surface area contributed by atoms with Gasteiger partial charge in [-0.05, 0) is 13.0 Å². The highest BCUT2D eigenvalue weighted by atomic mass is 16.1. The van der Waals surface area contributed by atoms with Crippen LogP contribution in [0.4, 0.5) is 11.4 Å². The maximum absolute atomic E-state index is 10.9. The first-order valence-corrected chi connectivity index (χ1v) is 5.05. The molecule has 0 fully saturated rings. The van der Waals surface area contributed by atoms with Crippen molar-refractivity contribution in [3.63, 3.8) is 0 Å². The standard InChI is InChI=1S/C12H13N3O/c1-8(16)6-15-12-9-4-2-3-5-11(9)14-7-10(12)13/h2-5,7H,6,13H2,1H3,(H,14,15). The number of nitrogens with two attached hydrogens (primary N) is 1. The Morgan fingerprint density at radius 2 is 2.19 bits per heavy atom. The summed E-state index contributed by atoms with van der Waals surface area (Å²) in [5.74, 6) is 0.0697. The van der Waals surface area contributed by atoms with Crippen LogP contribution in [0.1, 0.15) is 6.92 Å². The number of nitrogens with one attached hydrogen (secondary N) is 1. The molecule has 0 aliphatic carbocycles. The van der Waals surface area contributed by atoms with Gasteiger partial charge in [0.05, 0.1) is 29.6 Å². The minimum atomic E-state index is 0.0697. The van der Waals surface area contributed by atoms with Crippen LogP contribution in [-0.4, -0.2) is 17.3 Å². The van der Waals surface area contributed by atoms with Crippen LogP contribution < -0.4 is 11.1 Å². The van der Waals surface area contributed by atoms with Gasteiger partial charge in [0.15, 0.2) is 0 Å². The summed E-state index contributed by atoms with van der Waals surface area (Å²) in [7, 11) is 0. The van der Waals surface area contributed by atoms with E-state index in [1.807, 2.05) is 24.3 Å². The SMILES string of the molecule is CC(=O)CNc1c(N)cnc2ccccc12. The van der Waals surface area contributed by atoms with E-state index in [1.165, 1.54) is 6.92 Å². The van der Waals surface area contributed by atoms with E-state index in [4.69, 9.17) is 5.73 Å². The van der Waals surface area contributed by atoms with Crippen molar-refractivity contribution in [1.82, 2.24) is 4.98 Å². The third-order valence-corrected chi connectivity index (χ3v) is 2.32. The molecule has 1 aromatic heterocycles. The van der Waals surface area contributed by atoms with Gasteiger partial charge in [0.2, 0.25) is 0 Å². The molecule has 4 heteroatoms. The molecule has 0 amide bonds. The normalized spacial score (nSPS) is 10.3. The summed E-state index contributed by atoms with van der Waals surface area (Å²) in [5.41, 5.74) is 8.03. The van der Waals surface area contributed by atoms with Gasteiger partial charge in [-0.3, -0.25) is 9.78 Å². The van der Waals surface area contributed by atoms with Crippen molar-refractivity contribution in [2.45, 2.75) is 6.92 Å². The Hall–Kier alpha value is -2.10. The Morgan fingerprint density at radius 1 is 1.44 bits per heavy atom. The molecule has 3 N–H and O–H groups in total. The van der Waals surface area contributed by atoms with Crippen molar-refractivity contribution >= 4 is 28.1 Å². The van der Waals surface area contributed by atoms with E-state index >= 15 is 0 Å². The fraction of sp³-hybridized carbons (Fsp3) is 0.167. The first kappa shape index (κ1) is 10.4. The fourth-order valence-electron chi connectivity index (χ4n) is 1.57. The average Bonchev–Trinajstić information content (AvgIpc) is 2.27. The van der Waals surface area contributed by atoms with Gasteiger partial charge in [0, 0.05) is 5.39 Å². The molecule has 82 valence electrons. The van der Waals surface area contributed by atoms with E-state index in [0.29, 0.717) is 5.69 Å². The Labute approximate surface area is 93.5 Å². The number of pyridine rings is 1. The molecular formula is C12H13N3O. The molecule has 0 radical (unpaired) electrons. The van der Waals surface area contributed by atoms with Gasteiger partial charge in [-0.15, -0.1) is 0 Å². The van der Waals surface area contributed by atoms with Gasteiger partial charge in [-0.25, -0.2) is 0 Å². The van der Waals surface area contributed by atoms with E-state index in [9.17, 15) is 4.79 Å². The summed E-state index contributed by atoms with van der Waals surface area (Å²) >= 11 is 0. The molecule has 2 aromatic rings. The van der Waals surface area contributed by atoms with Crippen LogP contribution in [0.3, 0.4) is 0 Å². The number of hydrogen-bond donors (Lipinski definition) is 2. The molecule has 0 unspecified atom stereocenters. The summed E-state index contributed by atoms with van der Waals surface area (Å²) in [4.78, 5) is 15.2. The molecule has 1 heterocycles.